The molecule has 0 aliphatic rings. The maximum atomic E-state index is 5.60. The lowest BCUT2D eigenvalue weighted by atomic mass is 10.3. The summed E-state index contributed by atoms with van der Waals surface area (Å²) in [5.41, 5.74) is 1.94. The van der Waals surface area contributed by atoms with Crippen molar-refractivity contribution in [1.29, 1.82) is 0 Å². The van der Waals surface area contributed by atoms with Gasteiger partial charge in [-0.3, -0.25) is 4.98 Å². The van der Waals surface area contributed by atoms with E-state index < -0.39 is 0 Å². The number of nitrogens with zero attached hydrogens (tertiary/aromatic N) is 1. The molecule has 0 spiro atoms. The molecule has 0 bridgehead atoms. The average molecular weight is 285 g/mol. The Hall–Kier alpha value is -0.870. The van der Waals surface area contributed by atoms with Crippen molar-refractivity contribution in [2.75, 3.05) is 13.2 Å². The van der Waals surface area contributed by atoms with Crippen LogP contribution in [-0.4, -0.2) is 18.1 Å². The van der Waals surface area contributed by atoms with Crippen molar-refractivity contribution in [3.05, 3.63) is 34.6 Å². The quantitative estimate of drug-likeness (QED) is 0.872. The second kappa shape index (κ2) is 6.66. The first-order chi connectivity index (χ1) is 7.63. The highest BCUT2D eigenvalue weighted by Gasteiger charge is 2.05. The lowest BCUT2D eigenvalue weighted by Gasteiger charge is -2.11. The van der Waals surface area contributed by atoms with Gasteiger partial charge in [0, 0.05) is 16.7 Å². The molecule has 0 saturated heterocycles. The van der Waals surface area contributed by atoms with Gasteiger partial charge in [0.15, 0.2) is 0 Å². The van der Waals surface area contributed by atoms with Crippen LogP contribution in [0.5, 0.6) is 5.75 Å². The first-order valence-electron chi connectivity index (χ1n) is 5.26. The van der Waals surface area contributed by atoms with Crippen molar-refractivity contribution < 1.29 is 4.74 Å². The molecule has 0 saturated carbocycles. The highest BCUT2D eigenvalue weighted by atomic mass is 79.9. The number of halogens is 1. The Morgan fingerprint density at radius 1 is 1.56 bits per heavy atom. The Kier molecular flexibility index (Phi) is 5.49. The van der Waals surface area contributed by atoms with Gasteiger partial charge in [-0.25, -0.2) is 0 Å². The van der Waals surface area contributed by atoms with Gasteiger partial charge in [0.2, 0.25) is 0 Å². The first kappa shape index (κ1) is 13.2. The van der Waals surface area contributed by atoms with Crippen molar-refractivity contribution in [2.24, 2.45) is 0 Å². The molecule has 0 aromatic carbocycles. The van der Waals surface area contributed by atoms with Gasteiger partial charge >= 0.3 is 0 Å². The van der Waals surface area contributed by atoms with E-state index in [9.17, 15) is 0 Å². The first-order valence-corrected chi connectivity index (χ1v) is 6.06. The minimum atomic E-state index is 0.462. The summed E-state index contributed by atoms with van der Waals surface area (Å²) in [4.78, 5) is 4.46. The van der Waals surface area contributed by atoms with E-state index in [4.69, 9.17) is 4.74 Å². The molecule has 0 aliphatic heterocycles. The van der Waals surface area contributed by atoms with Crippen molar-refractivity contribution in [2.45, 2.75) is 20.4 Å². The maximum Gasteiger partial charge on any atom is 0.142 e. The summed E-state index contributed by atoms with van der Waals surface area (Å²) >= 11 is 3.27. The highest BCUT2D eigenvalue weighted by molar-refractivity contribution is 9.11. The molecule has 4 heteroatoms. The number of aryl methyl sites for hydroxylation is 1. The molecule has 3 nitrogen and oxygen atoms in total. The van der Waals surface area contributed by atoms with Gasteiger partial charge in [-0.05, 0) is 25.6 Å². The molecule has 1 aromatic heterocycles. The number of ether oxygens (including phenoxy) is 1. The minimum Gasteiger partial charge on any atom is -0.486 e. The monoisotopic (exact) mass is 284 g/mol. The van der Waals surface area contributed by atoms with Crippen LogP contribution in [0.15, 0.2) is 23.2 Å². The van der Waals surface area contributed by atoms with Gasteiger partial charge in [0.1, 0.15) is 12.4 Å². The summed E-state index contributed by atoms with van der Waals surface area (Å²) in [6, 6.07) is 3.90. The molecule has 0 atom stereocenters. The fraction of sp³-hybridized carbons (Fsp3) is 0.417. The zero-order valence-corrected chi connectivity index (χ0v) is 11.3. The molecule has 0 unspecified atom stereocenters. The normalized spacial score (nSPS) is 10.2. The number of aromatic nitrogens is 1. The number of pyridine rings is 1. The summed E-state index contributed by atoms with van der Waals surface area (Å²) < 4.78 is 6.42. The summed E-state index contributed by atoms with van der Waals surface area (Å²) in [6.07, 6.45) is 0. The van der Waals surface area contributed by atoms with Crippen LogP contribution in [0.1, 0.15) is 18.3 Å². The lowest BCUT2D eigenvalue weighted by molar-refractivity contribution is 0.353. The van der Waals surface area contributed by atoms with Crippen LogP contribution in [-0.2, 0) is 6.54 Å². The number of nitrogens with one attached hydrogen (secondary N) is 1. The Labute approximate surface area is 105 Å². The second-order valence-electron chi connectivity index (χ2n) is 3.48. The van der Waals surface area contributed by atoms with E-state index in [0.717, 1.165) is 34.7 Å². The Morgan fingerprint density at radius 3 is 2.94 bits per heavy atom. The number of rotatable bonds is 6. The topological polar surface area (TPSA) is 34.1 Å². The molecule has 0 amide bonds. The smallest absolute Gasteiger partial charge is 0.142 e. The van der Waals surface area contributed by atoms with E-state index in [1.165, 1.54) is 0 Å². The van der Waals surface area contributed by atoms with Crippen LogP contribution >= 0.6 is 15.9 Å². The van der Waals surface area contributed by atoms with E-state index in [2.05, 4.69) is 39.7 Å². The molecule has 1 rings (SSSR count). The van der Waals surface area contributed by atoms with E-state index in [-0.39, 0.29) is 0 Å². The Balaban J connectivity index is 2.76. The van der Waals surface area contributed by atoms with Crippen LogP contribution in [0.4, 0.5) is 0 Å². The lowest BCUT2D eigenvalue weighted by Crippen LogP contribution is -2.14. The van der Waals surface area contributed by atoms with E-state index in [1.807, 2.05) is 19.1 Å². The number of hydrogen-bond donors (Lipinski definition) is 1. The molecule has 0 radical (unpaired) electrons. The fourth-order valence-corrected chi connectivity index (χ4v) is 1.37. The molecule has 0 aliphatic carbocycles. The van der Waals surface area contributed by atoms with Crippen molar-refractivity contribution in [3.63, 3.8) is 0 Å². The summed E-state index contributed by atoms with van der Waals surface area (Å²) in [7, 11) is 0. The molecule has 1 heterocycles. The zero-order chi connectivity index (χ0) is 12.0. The molecule has 16 heavy (non-hydrogen) atoms. The predicted octanol–water partition coefficient (Wildman–Crippen LogP) is 2.79. The largest absolute Gasteiger partial charge is 0.486 e. The van der Waals surface area contributed by atoms with Crippen LogP contribution in [0.3, 0.4) is 0 Å². The third kappa shape index (κ3) is 4.33. The summed E-state index contributed by atoms with van der Waals surface area (Å²) in [5.74, 6) is 0.812. The summed E-state index contributed by atoms with van der Waals surface area (Å²) in [5, 5.41) is 3.24. The van der Waals surface area contributed by atoms with Crippen molar-refractivity contribution >= 4 is 15.9 Å². The van der Waals surface area contributed by atoms with Crippen LogP contribution in [0, 0.1) is 6.92 Å². The van der Waals surface area contributed by atoms with Crippen LogP contribution in [0.2, 0.25) is 0 Å². The predicted molar refractivity (Wildman–Crippen MR) is 69.9 cm³/mol. The van der Waals surface area contributed by atoms with Gasteiger partial charge in [-0.2, -0.15) is 0 Å². The summed E-state index contributed by atoms with van der Waals surface area (Å²) in [6.45, 7) is 9.88. The van der Waals surface area contributed by atoms with Gasteiger partial charge in [0.05, 0.1) is 5.69 Å². The molecule has 1 aromatic rings. The Bertz CT molecular complexity index is 366. The van der Waals surface area contributed by atoms with Crippen LogP contribution < -0.4 is 10.1 Å². The van der Waals surface area contributed by atoms with E-state index >= 15 is 0 Å². The SMILES string of the molecule is C=C(Br)COc1ccc(C)nc1CNCC. The standard InChI is InChI=1S/C12H17BrN2O/c1-4-14-7-11-12(16-8-9(2)13)6-5-10(3)15-11/h5-6,14H,2,4,7-8H2,1,3H3. The molecular formula is C12H17BrN2O. The second-order valence-corrected chi connectivity index (χ2v) is 4.61. The molecule has 0 fully saturated rings. The van der Waals surface area contributed by atoms with Gasteiger partial charge in [-0.15, -0.1) is 0 Å². The third-order valence-electron chi connectivity index (χ3n) is 2.00. The highest BCUT2D eigenvalue weighted by Crippen LogP contribution is 2.18. The van der Waals surface area contributed by atoms with E-state index in [1.54, 1.807) is 0 Å². The van der Waals surface area contributed by atoms with E-state index in [0.29, 0.717) is 6.61 Å². The fourth-order valence-electron chi connectivity index (χ4n) is 1.26. The molecule has 1 N–H and O–H groups in total. The van der Waals surface area contributed by atoms with Gasteiger partial charge < -0.3 is 10.1 Å². The average Bonchev–Trinajstić information content (AvgIpc) is 2.24. The van der Waals surface area contributed by atoms with Crippen molar-refractivity contribution in [3.8, 4) is 5.75 Å². The van der Waals surface area contributed by atoms with Crippen molar-refractivity contribution in [1.82, 2.24) is 10.3 Å². The molecular weight excluding hydrogens is 268 g/mol. The zero-order valence-electron chi connectivity index (χ0n) is 9.72. The minimum absolute atomic E-state index is 0.462. The van der Waals surface area contributed by atoms with Crippen LogP contribution in [0.25, 0.3) is 0 Å². The number of hydrogen-bond acceptors (Lipinski definition) is 3. The Morgan fingerprint density at radius 2 is 2.31 bits per heavy atom. The van der Waals surface area contributed by atoms with Gasteiger partial charge in [-0.1, -0.05) is 29.4 Å². The molecule has 88 valence electrons. The van der Waals surface area contributed by atoms with Gasteiger partial charge in [0.25, 0.3) is 0 Å². The third-order valence-corrected chi connectivity index (χ3v) is 2.23. The maximum absolute atomic E-state index is 5.60.